The number of rotatable bonds is 2. The maximum absolute atomic E-state index is 11.5. The van der Waals surface area contributed by atoms with Crippen LogP contribution in [0.3, 0.4) is 0 Å². The zero-order chi connectivity index (χ0) is 17.2. The average Bonchev–Trinajstić information content (AvgIpc) is 2.72. The van der Waals surface area contributed by atoms with Gasteiger partial charge in [0.15, 0.2) is 0 Å². The molecule has 13 heteroatoms. The van der Waals surface area contributed by atoms with Crippen molar-refractivity contribution in [1.29, 1.82) is 0 Å². The molecule has 0 unspecified atom stereocenters. The Morgan fingerprint density at radius 1 is 0.840 bits per heavy atom. The Balaban J connectivity index is 0.00000156. The Morgan fingerprint density at radius 2 is 1.44 bits per heavy atom. The van der Waals surface area contributed by atoms with Gasteiger partial charge in [-0.3, -0.25) is 0 Å². The van der Waals surface area contributed by atoms with Crippen molar-refractivity contribution in [3.63, 3.8) is 0 Å². The van der Waals surface area contributed by atoms with E-state index < -0.39 is 30.0 Å². The van der Waals surface area contributed by atoms with Gasteiger partial charge in [-0.15, -0.1) is 0 Å². The molecule has 0 saturated heterocycles. The van der Waals surface area contributed by atoms with Crippen LogP contribution in [-0.4, -0.2) is 25.9 Å². The Bertz CT molecular complexity index is 1190. The minimum Gasteiger partial charge on any atom is -0.744 e. The van der Waals surface area contributed by atoms with Gasteiger partial charge < -0.3 is 13.5 Å². The normalized spacial score (nSPS) is 12.0. The number of benzene rings is 2. The fourth-order valence-electron chi connectivity index (χ4n) is 2.25. The summed E-state index contributed by atoms with van der Waals surface area (Å²) in [7, 11) is -9.90. The van der Waals surface area contributed by atoms with Gasteiger partial charge >= 0.3 is 59.1 Å². The molecule has 122 valence electrons. The summed E-state index contributed by atoms with van der Waals surface area (Å²) in [5.41, 5.74) is -0.0140. The van der Waals surface area contributed by atoms with Crippen LogP contribution in [0.1, 0.15) is 0 Å². The maximum atomic E-state index is 11.5. The van der Waals surface area contributed by atoms with Crippen LogP contribution in [0.25, 0.3) is 21.9 Å². The summed E-state index contributed by atoms with van der Waals surface area (Å²) in [4.78, 5) is -1.52. The second kappa shape index (κ2) is 7.94. The van der Waals surface area contributed by atoms with E-state index in [1.54, 1.807) is 0 Å². The van der Waals surface area contributed by atoms with Gasteiger partial charge in [0.1, 0.15) is 31.4 Å². The van der Waals surface area contributed by atoms with Crippen LogP contribution in [0, 0.1) is 0 Å². The predicted octanol–water partition coefficient (Wildman–Crippen LogP) is -3.29. The molecule has 1 aromatic heterocycles. The predicted molar refractivity (Wildman–Crippen MR) is 79.7 cm³/mol. The van der Waals surface area contributed by atoms with E-state index in [0.717, 1.165) is 18.2 Å². The zero-order valence-electron chi connectivity index (χ0n) is 12.7. The van der Waals surface area contributed by atoms with Crippen LogP contribution in [-0.2, 0) is 20.2 Å². The first-order chi connectivity index (χ1) is 10.5. The van der Waals surface area contributed by atoms with Crippen LogP contribution >= 0.6 is 23.2 Å². The smallest absolute Gasteiger partial charge is 0.744 e. The number of furan rings is 1. The molecule has 0 N–H and O–H groups in total. The van der Waals surface area contributed by atoms with Crippen molar-refractivity contribution >= 4 is 65.4 Å². The van der Waals surface area contributed by atoms with Gasteiger partial charge in [-0.25, -0.2) is 16.8 Å². The summed E-state index contributed by atoms with van der Waals surface area (Å²) < 4.78 is 73.4. The minimum absolute atomic E-state index is 0. The van der Waals surface area contributed by atoms with Crippen molar-refractivity contribution in [2.24, 2.45) is 0 Å². The number of halogens is 2. The third-order valence-corrected chi connectivity index (χ3v) is 5.77. The van der Waals surface area contributed by atoms with Gasteiger partial charge in [0.2, 0.25) is 0 Å². The summed E-state index contributed by atoms with van der Waals surface area (Å²) in [5, 5.41) is -1.01. The molecule has 0 bridgehead atoms. The first-order valence-corrected chi connectivity index (χ1v) is 9.33. The second-order valence-electron chi connectivity index (χ2n) is 4.54. The number of hydrogen-bond donors (Lipinski definition) is 0. The second-order valence-corrected chi connectivity index (χ2v) is 8.02. The van der Waals surface area contributed by atoms with Crippen LogP contribution < -0.4 is 59.1 Å². The summed E-state index contributed by atoms with van der Waals surface area (Å²) in [5.74, 6) is 0. The molecule has 1 heterocycles. The van der Waals surface area contributed by atoms with Crippen LogP contribution in [0.2, 0.25) is 10.0 Å². The Morgan fingerprint density at radius 3 is 1.96 bits per heavy atom. The first-order valence-electron chi connectivity index (χ1n) is 5.76. The Kier molecular flexibility index (Phi) is 7.52. The Hall–Kier alpha value is 0.640. The molecule has 0 radical (unpaired) electrons. The van der Waals surface area contributed by atoms with Crippen molar-refractivity contribution in [2.45, 2.75) is 9.79 Å². The van der Waals surface area contributed by atoms with Crippen molar-refractivity contribution < 1.29 is 89.5 Å². The quantitative estimate of drug-likeness (QED) is 0.301. The third kappa shape index (κ3) is 4.39. The molecule has 0 fully saturated rings. The molecule has 3 rings (SSSR count). The van der Waals surface area contributed by atoms with Gasteiger partial charge in [-0.1, -0.05) is 23.2 Å². The fraction of sp³-hybridized carbons (Fsp3) is 0. The number of hydrogen-bond acceptors (Lipinski definition) is 7. The SMILES string of the molecule is O=S(=O)([O-])c1cc2c(cc1Cl)oc1ccc(Cl)c(S(=O)(=O)[O-])c12.[Na+].[Na+]. The summed E-state index contributed by atoms with van der Waals surface area (Å²) >= 11 is 11.5. The van der Waals surface area contributed by atoms with Crippen molar-refractivity contribution in [1.82, 2.24) is 0 Å². The van der Waals surface area contributed by atoms with E-state index in [9.17, 15) is 25.9 Å². The molecule has 0 atom stereocenters. The first kappa shape index (κ1) is 23.7. The van der Waals surface area contributed by atoms with Crippen molar-refractivity contribution in [3.05, 3.63) is 34.3 Å². The summed E-state index contributed by atoms with van der Waals surface area (Å²) in [6.45, 7) is 0. The molecule has 0 saturated carbocycles. The van der Waals surface area contributed by atoms with Crippen molar-refractivity contribution in [2.75, 3.05) is 0 Å². The molecule has 0 spiro atoms. The van der Waals surface area contributed by atoms with Gasteiger partial charge in [-0.2, -0.15) is 0 Å². The molecule has 0 aliphatic carbocycles. The topological polar surface area (TPSA) is 128 Å². The van der Waals surface area contributed by atoms with Crippen molar-refractivity contribution in [3.8, 4) is 0 Å². The van der Waals surface area contributed by atoms with E-state index in [-0.39, 0.29) is 91.1 Å². The standard InChI is InChI=1S/C12H6Cl2O7S2.2Na/c13-6-1-2-8-11(12(6)23(18,19)20)5-3-10(22(15,16)17)7(14)4-9(5)21-8;;/h1-4H,(H,15,16,17)(H,18,19,20);;/q;2*+1/p-2. The van der Waals surface area contributed by atoms with Crippen LogP contribution in [0.15, 0.2) is 38.5 Å². The monoisotopic (exact) mass is 440 g/mol. The third-order valence-electron chi connectivity index (χ3n) is 3.11. The largest absolute Gasteiger partial charge is 1.00 e. The van der Waals surface area contributed by atoms with E-state index in [0.29, 0.717) is 0 Å². The van der Waals surface area contributed by atoms with E-state index in [4.69, 9.17) is 27.6 Å². The fourth-order valence-corrected chi connectivity index (χ4v) is 4.45. The summed E-state index contributed by atoms with van der Waals surface area (Å²) in [6, 6.07) is 4.38. The van der Waals surface area contributed by atoms with Gasteiger partial charge in [-0.05, 0) is 18.2 Å². The average molecular weight is 441 g/mol. The molecule has 0 amide bonds. The van der Waals surface area contributed by atoms with Gasteiger partial charge in [0.05, 0.1) is 19.8 Å². The molecule has 0 aliphatic rings. The molecule has 0 aliphatic heterocycles. The minimum atomic E-state index is -4.98. The van der Waals surface area contributed by atoms with E-state index in [1.807, 2.05) is 0 Å². The number of fused-ring (bicyclic) bond motifs is 3. The van der Waals surface area contributed by atoms with E-state index in [1.165, 1.54) is 6.07 Å². The molecular formula is C12H4Cl2Na2O7S2. The molecular weight excluding hydrogens is 437 g/mol. The molecule has 25 heavy (non-hydrogen) atoms. The molecule has 3 aromatic rings. The Labute approximate surface area is 196 Å². The van der Waals surface area contributed by atoms with Crippen LogP contribution in [0.4, 0.5) is 0 Å². The molecule has 7 nitrogen and oxygen atoms in total. The maximum Gasteiger partial charge on any atom is 1.00 e. The summed E-state index contributed by atoms with van der Waals surface area (Å²) in [6.07, 6.45) is 0. The molecule has 2 aromatic carbocycles. The van der Waals surface area contributed by atoms with E-state index >= 15 is 0 Å². The van der Waals surface area contributed by atoms with Gasteiger partial charge in [0, 0.05) is 16.8 Å². The zero-order valence-corrected chi connectivity index (χ0v) is 19.9. The van der Waals surface area contributed by atoms with Gasteiger partial charge in [0.25, 0.3) is 0 Å². The van der Waals surface area contributed by atoms with Crippen LogP contribution in [0.5, 0.6) is 0 Å². The van der Waals surface area contributed by atoms with E-state index in [2.05, 4.69) is 0 Å².